The lowest BCUT2D eigenvalue weighted by atomic mass is 10.2. The number of para-hydroxylation sites is 1. The molecule has 2 aromatic carbocycles. The van der Waals surface area contributed by atoms with Crippen molar-refractivity contribution in [2.75, 3.05) is 21.3 Å². The quantitative estimate of drug-likeness (QED) is 0.396. The summed E-state index contributed by atoms with van der Waals surface area (Å²) < 4.78 is 23.9. The fraction of sp³-hybridized carbons (Fsp3) is 0.278. The van der Waals surface area contributed by atoms with Gasteiger partial charge in [0, 0.05) is 25.7 Å². The standard InChI is InChI=1S/C18H22FN3O2.HI/c1-20-18(22-12-14-6-4-5-7-16(14)23-2)21-11-13-8-9-17(24-3)15(19)10-13;/h4-10H,11-12H2,1-3H3,(H2,20,21,22);1H. The second kappa shape index (κ2) is 10.8. The summed E-state index contributed by atoms with van der Waals surface area (Å²) in [6.07, 6.45) is 0. The summed E-state index contributed by atoms with van der Waals surface area (Å²) in [6, 6.07) is 12.6. The first-order chi connectivity index (χ1) is 11.7. The van der Waals surface area contributed by atoms with Crippen molar-refractivity contribution < 1.29 is 13.9 Å². The fourth-order valence-electron chi connectivity index (χ4n) is 2.25. The van der Waals surface area contributed by atoms with E-state index < -0.39 is 0 Å². The van der Waals surface area contributed by atoms with Gasteiger partial charge in [-0.05, 0) is 23.8 Å². The molecule has 0 amide bonds. The fourth-order valence-corrected chi connectivity index (χ4v) is 2.25. The van der Waals surface area contributed by atoms with Crippen LogP contribution in [0.25, 0.3) is 0 Å². The highest BCUT2D eigenvalue weighted by Crippen LogP contribution is 2.18. The second-order valence-electron chi connectivity index (χ2n) is 5.06. The Labute approximate surface area is 164 Å². The SMILES string of the molecule is CN=C(NCc1ccc(OC)c(F)c1)NCc1ccccc1OC.I. The summed E-state index contributed by atoms with van der Waals surface area (Å²) in [4.78, 5) is 4.16. The van der Waals surface area contributed by atoms with Crippen LogP contribution in [0.2, 0.25) is 0 Å². The van der Waals surface area contributed by atoms with Gasteiger partial charge in [-0.25, -0.2) is 4.39 Å². The maximum absolute atomic E-state index is 13.7. The molecule has 0 saturated carbocycles. The molecule has 2 N–H and O–H groups in total. The van der Waals surface area contributed by atoms with E-state index in [1.165, 1.54) is 13.2 Å². The van der Waals surface area contributed by atoms with Gasteiger partial charge in [0.15, 0.2) is 17.5 Å². The van der Waals surface area contributed by atoms with Crippen LogP contribution in [0.1, 0.15) is 11.1 Å². The van der Waals surface area contributed by atoms with Crippen molar-refractivity contribution in [1.29, 1.82) is 0 Å². The summed E-state index contributed by atoms with van der Waals surface area (Å²) in [5.41, 5.74) is 1.83. The number of aliphatic imine (C=N–C) groups is 1. The third-order valence-corrected chi connectivity index (χ3v) is 3.54. The number of nitrogens with zero attached hydrogens (tertiary/aromatic N) is 1. The molecule has 0 radical (unpaired) electrons. The van der Waals surface area contributed by atoms with Crippen molar-refractivity contribution >= 4 is 29.9 Å². The van der Waals surface area contributed by atoms with Gasteiger partial charge in [0.1, 0.15) is 5.75 Å². The summed E-state index contributed by atoms with van der Waals surface area (Å²) >= 11 is 0. The van der Waals surface area contributed by atoms with Crippen LogP contribution in [0.3, 0.4) is 0 Å². The maximum Gasteiger partial charge on any atom is 0.191 e. The minimum absolute atomic E-state index is 0. The smallest absolute Gasteiger partial charge is 0.191 e. The highest BCUT2D eigenvalue weighted by molar-refractivity contribution is 14.0. The first-order valence-corrected chi connectivity index (χ1v) is 7.56. The van der Waals surface area contributed by atoms with E-state index in [9.17, 15) is 4.39 Å². The van der Waals surface area contributed by atoms with Gasteiger partial charge in [0.05, 0.1) is 14.2 Å². The monoisotopic (exact) mass is 459 g/mol. The van der Waals surface area contributed by atoms with Crippen molar-refractivity contribution in [3.8, 4) is 11.5 Å². The van der Waals surface area contributed by atoms with Crippen LogP contribution in [0.15, 0.2) is 47.5 Å². The van der Waals surface area contributed by atoms with Gasteiger partial charge in [0.25, 0.3) is 0 Å². The van der Waals surface area contributed by atoms with Crippen LogP contribution in [0.5, 0.6) is 11.5 Å². The topological polar surface area (TPSA) is 54.9 Å². The van der Waals surface area contributed by atoms with E-state index in [0.29, 0.717) is 19.0 Å². The first-order valence-electron chi connectivity index (χ1n) is 7.56. The molecule has 0 aliphatic heterocycles. The van der Waals surface area contributed by atoms with Crippen molar-refractivity contribution in [3.63, 3.8) is 0 Å². The van der Waals surface area contributed by atoms with Gasteiger partial charge in [0.2, 0.25) is 0 Å². The molecule has 2 aromatic rings. The Morgan fingerprint density at radius 3 is 2.32 bits per heavy atom. The Morgan fingerprint density at radius 1 is 1.00 bits per heavy atom. The number of hydrogen-bond acceptors (Lipinski definition) is 3. The largest absolute Gasteiger partial charge is 0.496 e. The number of halogens is 2. The van der Waals surface area contributed by atoms with E-state index in [4.69, 9.17) is 9.47 Å². The molecule has 0 saturated heterocycles. The summed E-state index contributed by atoms with van der Waals surface area (Å²) in [7, 11) is 4.77. The number of nitrogens with one attached hydrogen (secondary N) is 2. The molecule has 0 spiro atoms. The number of methoxy groups -OCH3 is 2. The molecule has 0 fully saturated rings. The highest BCUT2D eigenvalue weighted by atomic mass is 127. The molecule has 0 aromatic heterocycles. The molecule has 0 heterocycles. The number of ether oxygens (including phenoxy) is 2. The van der Waals surface area contributed by atoms with E-state index in [-0.39, 0.29) is 35.5 Å². The molecule has 2 rings (SSSR count). The van der Waals surface area contributed by atoms with E-state index in [1.54, 1.807) is 20.2 Å². The Balaban J connectivity index is 0.00000312. The Kier molecular flexibility index (Phi) is 9.04. The van der Waals surface area contributed by atoms with Gasteiger partial charge < -0.3 is 20.1 Å². The van der Waals surface area contributed by atoms with Crippen molar-refractivity contribution in [3.05, 3.63) is 59.4 Å². The molecule has 0 aliphatic rings. The van der Waals surface area contributed by atoms with Crippen LogP contribution < -0.4 is 20.1 Å². The molecule has 5 nitrogen and oxygen atoms in total. The summed E-state index contributed by atoms with van der Waals surface area (Å²) in [6.45, 7) is 1.02. The molecule has 0 aliphatic carbocycles. The molecule has 136 valence electrons. The number of guanidine groups is 1. The third-order valence-electron chi connectivity index (χ3n) is 3.54. The van der Waals surface area contributed by atoms with Crippen molar-refractivity contribution in [2.45, 2.75) is 13.1 Å². The Morgan fingerprint density at radius 2 is 1.68 bits per heavy atom. The summed E-state index contributed by atoms with van der Waals surface area (Å²) in [5, 5.41) is 6.36. The average molecular weight is 459 g/mol. The van der Waals surface area contributed by atoms with Crippen LogP contribution in [0, 0.1) is 5.82 Å². The van der Waals surface area contributed by atoms with E-state index in [2.05, 4.69) is 15.6 Å². The molecule has 0 bridgehead atoms. The van der Waals surface area contributed by atoms with Gasteiger partial charge in [-0.1, -0.05) is 24.3 Å². The lowest BCUT2D eigenvalue weighted by molar-refractivity contribution is 0.386. The first kappa shape index (κ1) is 21.0. The predicted molar refractivity (Wildman–Crippen MR) is 108 cm³/mol. The Hall–Kier alpha value is -2.03. The molecule has 25 heavy (non-hydrogen) atoms. The maximum atomic E-state index is 13.7. The zero-order valence-electron chi connectivity index (χ0n) is 14.5. The molecule has 0 atom stereocenters. The Bertz CT molecular complexity index is 710. The highest BCUT2D eigenvalue weighted by Gasteiger charge is 2.06. The van der Waals surface area contributed by atoms with Crippen LogP contribution in [0.4, 0.5) is 4.39 Å². The van der Waals surface area contributed by atoms with Gasteiger partial charge in [-0.2, -0.15) is 0 Å². The second-order valence-corrected chi connectivity index (χ2v) is 5.06. The zero-order chi connectivity index (χ0) is 17.4. The molecule has 7 heteroatoms. The number of hydrogen-bond donors (Lipinski definition) is 2. The predicted octanol–water partition coefficient (Wildman–Crippen LogP) is 3.33. The van der Waals surface area contributed by atoms with Crippen molar-refractivity contribution in [1.82, 2.24) is 10.6 Å². The van der Waals surface area contributed by atoms with Crippen LogP contribution in [-0.2, 0) is 13.1 Å². The molecular weight excluding hydrogens is 436 g/mol. The lowest BCUT2D eigenvalue weighted by Crippen LogP contribution is -2.36. The van der Waals surface area contributed by atoms with Crippen LogP contribution >= 0.6 is 24.0 Å². The van der Waals surface area contributed by atoms with Crippen LogP contribution in [-0.4, -0.2) is 27.2 Å². The zero-order valence-corrected chi connectivity index (χ0v) is 16.8. The van der Waals surface area contributed by atoms with E-state index >= 15 is 0 Å². The van der Waals surface area contributed by atoms with E-state index in [0.717, 1.165) is 16.9 Å². The minimum Gasteiger partial charge on any atom is -0.496 e. The summed E-state index contributed by atoms with van der Waals surface area (Å²) in [5.74, 6) is 1.29. The lowest BCUT2D eigenvalue weighted by Gasteiger charge is -2.14. The van der Waals surface area contributed by atoms with Gasteiger partial charge in [-0.3, -0.25) is 4.99 Å². The number of benzene rings is 2. The average Bonchev–Trinajstić information content (AvgIpc) is 2.62. The molecular formula is C18H23FIN3O2. The van der Waals surface area contributed by atoms with Gasteiger partial charge >= 0.3 is 0 Å². The number of rotatable bonds is 6. The third kappa shape index (κ3) is 6.08. The van der Waals surface area contributed by atoms with E-state index in [1.807, 2.05) is 30.3 Å². The van der Waals surface area contributed by atoms with Gasteiger partial charge in [-0.15, -0.1) is 24.0 Å². The van der Waals surface area contributed by atoms with Crippen molar-refractivity contribution in [2.24, 2.45) is 4.99 Å². The molecule has 0 unspecified atom stereocenters. The minimum atomic E-state index is -0.381. The normalized spacial score (nSPS) is 10.6.